The van der Waals surface area contributed by atoms with Crippen molar-refractivity contribution >= 4 is 11.9 Å². The van der Waals surface area contributed by atoms with Gasteiger partial charge in [-0.3, -0.25) is 4.79 Å². The van der Waals surface area contributed by atoms with Gasteiger partial charge in [0.1, 0.15) is 0 Å². The first-order valence-electron chi connectivity index (χ1n) is 8.14. The first-order chi connectivity index (χ1) is 11.5. The van der Waals surface area contributed by atoms with Crippen LogP contribution in [0.1, 0.15) is 27.0 Å². The highest BCUT2D eigenvalue weighted by atomic mass is 16.1. The van der Waals surface area contributed by atoms with Crippen LogP contribution in [0.4, 0.5) is 0 Å². The minimum Gasteiger partial charge on any atom is -0.305 e. The maximum atomic E-state index is 12.6. The first kappa shape index (κ1) is 18.1. The van der Waals surface area contributed by atoms with E-state index in [1.807, 2.05) is 70.7 Å². The van der Waals surface area contributed by atoms with Gasteiger partial charge in [0.25, 0.3) is 0 Å². The fraction of sp³-hybridized carbons (Fsp3) is 0.286. The van der Waals surface area contributed by atoms with Crippen LogP contribution in [0.15, 0.2) is 54.6 Å². The summed E-state index contributed by atoms with van der Waals surface area (Å²) in [5.74, 6) is 0.0467. The van der Waals surface area contributed by atoms with Crippen molar-refractivity contribution < 1.29 is 4.79 Å². The molecule has 126 valence electrons. The molecular formula is C21H26N2O. The van der Waals surface area contributed by atoms with Crippen LogP contribution in [0.5, 0.6) is 0 Å². The standard InChI is InChI=1S/C21H26N2O/c1-22(2)15-18-9-7-8-17(14-18)12-13-21(24)20-11-6-5-10-19(20)16-23(3)4/h5-14H,15-16H2,1-4H3/b13-12+. The van der Waals surface area contributed by atoms with E-state index in [1.165, 1.54) is 5.56 Å². The van der Waals surface area contributed by atoms with Crippen molar-refractivity contribution in [2.45, 2.75) is 13.1 Å². The van der Waals surface area contributed by atoms with E-state index in [9.17, 15) is 4.79 Å². The number of benzene rings is 2. The molecule has 0 unspecified atom stereocenters. The molecule has 2 rings (SSSR count). The van der Waals surface area contributed by atoms with E-state index < -0.39 is 0 Å². The van der Waals surface area contributed by atoms with Gasteiger partial charge in [-0.25, -0.2) is 0 Å². The molecule has 0 saturated carbocycles. The maximum Gasteiger partial charge on any atom is 0.186 e. The molecule has 0 spiro atoms. The van der Waals surface area contributed by atoms with Crippen LogP contribution in [-0.4, -0.2) is 43.8 Å². The molecule has 2 aromatic carbocycles. The van der Waals surface area contributed by atoms with Gasteiger partial charge in [0.05, 0.1) is 0 Å². The number of hydrogen-bond donors (Lipinski definition) is 0. The summed E-state index contributed by atoms with van der Waals surface area (Å²) in [4.78, 5) is 16.8. The minimum atomic E-state index is 0.0467. The fourth-order valence-electron chi connectivity index (χ4n) is 2.66. The topological polar surface area (TPSA) is 23.6 Å². The second kappa shape index (κ2) is 8.57. The molecule has 0 amide bonds. The molecule has 24 heavy (non-hydrogen) atoms. The first-order valence-corrected chi connectivity index (χ1v) is 8.14. The Labute approximate surface area is 145 Å². The van der Waals surface area contributed by atoms with Crippen molar-refractivity contribution in [3.05, 3.63) is 76.9 Å². The van der Waals surface area contributed by atoms with E-state index in [0.717, 1.165) is 29.8 Å². The van der Waals surface area contributed by atoms with Crippen LogP contribution in [-0.2, 0) is 13.1 Å². The Kier molecular flexibility index (Phi) is 6.47. The lowest BCUT2D eigenvalue weighted by Crippen LogP contribution is -2.13. The Balaban J connectivity index is 2.16. The zero-order valence-corrected chi connectivity index (χ0v) is 15.0. The van der Waals surface area contributed by atoms with Gasteiger partial charge in [-0.15, -0.1) is 0 Å². The number of hydrogen-bond acceptors (Lipinski definition) is 3. The summed E-state index contributed by atoms with van der Waals surface area (Å²) in [5.41, 5.74) is 4.11. The van der Waals surface area contributed by atoms with Gasteiger partial charge in [-0.05, 0) is 51.0 Å². The van der Waals surface area contributed by atoms with Gasteiger partial charge >= 0.3 is 0 Å². The molecular weight excluding hydrogens is 296 g/mol. The third kappa shape index (κ3) is 5.44. The average Bonchev–Trinajstić information content (AvgIpc) is 2.52. The quantitative estimate of drug-likeness (QED) is 0.573. The second-order valence-electron chi connectivity index (χ2n) is 6.58. The number of carbonyl (C=O) groups is 1. The fourth-order valence-corrected chi connectivity index (χ4v) is 2.66. The smallest absolute Gasteiger partial charge is 0.186 e. The van der Waals surface area contributed by atoms with Crippen molar-refractivity contribution in [1.82, 2.24) is 9.80 Å². The van der Waals surface area contributed by atoms with E-state index in [2.05, 4.69) is 21.9 Å². The van der Waals surface area contributed by atoms with Crippen molar-refractivity contribution in [3.8, 4) is 0 Å². The van der Waals surface area contributed by atoms with Crippen molar-refractivity contribution in [1.29, 1.82) is 0 Å². The largest absolute Gasteiger partial charge is 0.305 e. The predicted molar refractivity (Wildman–Crippen MR) is 101 cm³/mol. The lowest BCUT2D eigenvalue weighted by atomic mass is 10.0. The lowest BCUT2D eigenvalue weighted by Gasteiger charge is -2.12. The van der Waals surface area contributed by atoms with Crippen LogP contribution in [0.2, 0.25) is 0 Å². The SMILES string of the molecule is CN(C)Cc1cccc(/C=C/C(=O)c2ccccc2CN(C)C)c1. The Hall–Kier alpha value is -2.23. The minimum absolute atomic E-state index is 0.0467. The van der Waals surface area contributed by atoms with Gasteiger partial charge in [0.2, 0.25) is 0 Å². The van der Waals surface area contributed by atoms with E-state index in [-0.39, 0.29) is 5.78 Å². The van der Waals surface area contributed by atoms with Crippen LogP contribution in [0, 0.1) is 0 Å². The summed E-state index contributed by atoms with van der Waals surface area (Å²) < 4.78 is 0. The van der Waals surface area contributed by atoms with Crippen LogP contribution < -0.4 is 0 Å². The molecule has 0 atom stereocenters. The average molecular weight is 322 g/mol. The summed E-state index contributed by atoms with van der Waals surface area (Å²) in [6.45, 7) is 1.65. The number of carbonyl (C=O) groups excluding carboxylic acids is 1. The van der Waals surface area contributed by atoms with E-state index in [0.29, 0.717) is 0 Å². The molecule has 0 N–H and O–H groups in total. The van der Waals surface area contributed by atoms with Crippen LogP contribution in [0.3, 0.4) is 0 Å². The number of allylic oxidation sites excluding steroid dienone is 1. The summed E-state index contributed by atoms with van der Waals surface area (Å²) in [6, 6.07) is 16.1. The molecule has 0 fully saturated rings. The van der Waals surface area contributed by atoms with Crippen molar-refractivity contribution in [2.75, 3.05) is 28.2 Å². The molecule has 0 aliphatic rings. The van der Waals surface area contributed by atoms with Crippen molar-refractivity contribution in [2.24, 2.45) is 0 Å². The van der Waals surface area contributed by atoms with Gasteiger partial charge in [0, 0.05) is 18.7 Å². The highest BCUT2D eigenvalue weighted by Gasteiger charge is 2.08. The molecule has 0 heterocycles. The van der Waals surface area contributed by atoms with E-state index in [1.54, 1.807) is 6.08 Å². The lowest BCUT2D eigenvalue weighted by molar-refractivity contribution is 0.104. The molecule has 0 radical (unpaired) electrons. The Morgan fingerprint density at radius 3 is 2.33 bits per heavy atom. The summed E-state index contributed by atoms with van der Waals surface area (Å²) in [7, 11) is 8.11. The van der Waals surface area contributed by atoms with Crippen LogP contribution >= 0.6 is 0 Å². The zero-order valence-electron chi connectivity index (χ0n) is 15.0. The highest BCUT2D eigenvalue weighted by Crippen LogP contribution is 2.14. The number of nitrogens with zero attached hydrogens (tertiary/aromatic N) is 2. The van der Waals surface area contributed by atoms with Crippen LogP contribution in [0.25, 0.3) is 6.08 Å². The summed E-state index contributed by atoms with van der Waals surface area (Å²) in [5, 5.41) is 0. The zero-order chi connectivity index (χ0) is 17.5. The molecule has 0 saturated heterocycles. The second-order valence-corrected chi connectivity index (χ2v) is 6.58. The van der Waals surface area contributed by atoms with Crippen molar-refractivity contribution in [3.63, 3.8) is 0 Å². The molecule has 0 aliphatic carbocycles. The van der Waals surface area contributed by atoms with Gasteiger partial charge < -0.3 is 9.80 Å². The van der Waals surface area contributed by atoms with E-state index in [4.69, 9.17) is 0 Å². The maximum absolute atomic E-state index is 12.6. The third-order valence-electron chi connectivity index (χ3n) is 3.65. The molecule has 0 aliphatic heterocycles. The highest BCUT2D eigenvalue weighted by molar-refractivity contribution is 6.07. The third-order valence-corrected chi connectivity index (χ3v) is 3.65. The molecule has 0 bridgehead atoms. The van der Waals surface area contributed by atoms with Gasteiger partial charge in [-0.2, -0.15) is 0 Å². The number of ketones is 1. The molecule has 3 heteroatoms. The molecule has 2 aromatic rings. The van der Waals surface area contributed by atoms with Gasteiger partial charge in [-0.1, -0.05) is 54.6 Å². The predicted octanol–water partition coefficient (Wildman–Crippen LogP) is 3.71. The molecule has 3 nitrogen and oxygen atoms in total. The summed E-state index contributed by atoms with van der Waals surface area (Å²) in [6.07, 6.45) is 3.57. The van der Waals surface area contributed by atoms with E-state index >= 15 is 0 Å². The Morgan fingerprint density at radius 2 is 1.62 bits per heavy atom. The van der Waals surface area contributed by atoms with Gasteiger partial charge in [0.15, 0.2) is 5.78 Å². The summed E-state index contributed by atoms with van der Waals surface area (Å²) >= 11 is 0. The number of rotatable bonds is 7. The Bertz CT molecular complexity index is 717. The monoisotopic (exact) mass is 322 g/mol. The normalized spacial score (nSPS) is 11.6. The Morgan fingerprint density at radius 1 is 0.917 bits per heavy atom. The molecule has 0 aromatic heterocycles.